The van der Waals surface area contributed by atoms with Gasteiger partial charge in [0.2, 0.25) is 0 Å². The Balaban J connectivity index is 1.84. The minimum Gasteiger partial charge on any atom is -0.379 e. The first kappa shape index (κ1) is 9.77. The Hall–Kier alpha value is -2.43. The van der Waals surface area contributed by atoms with Gasteiger partial charge in [-0.25, -0.2) is 0 Å². The Kier molecular flexibility index (Phi) is 2.42. The lowest BCUT2D eigenvalue weighted by atomic mass is 10.2. The van der Waals surface area contributed by atoms with E-state index in [1.54, 1.807) is 24.8 Å². The number of nitrogens with one attached hydrogen (secondary N) is 2. The van der Waals surface area contributed by atoms with Gasteiger partial charge in [-0.1, -0.05) is 0 Å². The van der Waals surface area contributed by atoms with Gasteiger partial charge in [0.05, 0.1) is 5.69 Å². The molecule has 3 aromatic heterocycles. The number of aromatic amines is 1. The number of pyridine rings is 2. The molecule has 0 aliphatic heterocycles. The summed E-state index contributed by atoms with van der Waals surface area (Å²) in [4.78, 5) is 8.20. The topological polar surface area (TPSA) is 66.5 Å². The summed E-state index contributed by atoms with van der Waals surface area (Å²) in [6.07, 6.45) is 7.13. The molecular formula is C12H11N5. The zero-order valence-electron chi connectivity index (χ0n) is 9.09. The Morgan fingerprint density at radius 3 is 2.88 bits per heavy atom. The van der Waals surface area contributed by atoms with Gasteiger partial charge in [-0.3, -0.25) is 15.1 Å². The maximum Gasteiger partial charge on any atom is 0.134 e. The highest BCUT2D eigenvalue weighted by Crippen LogP contribution is 2.18. The first-order chi connectivity index (χ1) is 8.43. The molecule has 5 nitrogen and oxygen atoms in total. The number of rotatable bonds is 3. The molecule has 5 heteroatoms. The highest BCUT2D eigenvalue weighted by atomic mass is 15.1. The number of anilines is 1. The van der Waals surface area contributed by atoms with Crippen LogP contribution in [-0.2, 0) is 6.54 Å². The number of hydrogen-bond acceptors (Lipinski definition) is 4. The molecule has 0 fully saturated rings. The molecule has 17 heavy (non-hydrogen) atoms. The van der Waals surface area contributed by atoms with Gasteiger partial charge in [0.1, 0.15) is 11.0 Å². The lowest BCUT2D eigenvalue weighted by molar-refractivity contribution is 1.10. The number of aromatic nitrogens is 4. The van der Waals surface area contributed by atoms with E-state index in [1.165, 1.54) is 5.56 Å². The van der Waals surface area contributed by atoms with Crippen molar-refractivity contribution in [3.63, 3.8) is 0 Å². The molecular weight excluding hydrogens is 214 g/mol. The van der Waals surface area contributed by atoms with E-state index >= 15 is 0 Å². The van der Waals surface area contributed by atoms with Crippen molar-refractivity contribution >= 4 is 16.7 Å². The van der Waals surface area contributed by atoms with Crippen LogP contribution in [0.2, 0.25) is 0 Å². The van der Waals surface area contributed by atoms with E-state index in [2.05, 4.69) is 25.5 Å². The molecule has 3 aromatic rings. The quantitative estimate of drug-likeness (QED) is 0.715. The van der Waals surface area contributed by atoms with Crippen LogP contribution in [0.15, 0.2) is 43.0 Å². The fourth-order valence-corrected chi connectivity index (χ4v) is 1.69. The molecule has 0 saturated heterocycles. The van der Waals surface area contributed by atoms with Gasteiger partial charge in [0.15, 0.2) is 0 Å². The third-order valence-electron chi connectivity index (χ3n) is 2.56. The number of hydrogen-bond donors (Lipinski definition) is 2. The summed E-state index contributed by atoms with van der Waals surface area (Å²) in [5, 5.41) is 10.3. The lowest BCUT2D eigenvalue weighted by Crippen LogP contribution is -2.00. The number of nitrogens with zero attached hydrogens (tertiary/aromatic N) is 3. The van der Waals surface area contributed by atoms with Crippen LogP contribution in [0.3, 0.4) is 0 Å². The molecule has 0 bridgehead atoms. The van der Waals surface area contributed by atoms with Crippen LogP contribution in [0.5, 0.6) is 0 Å². The van der Waals surface area contributed by atoms with Crippen molar-refractivity contribution in [1.29, 1.82) is 0 Å². The van der Waals surface area contributed by atoms with Crippen LogP contribution in [0.25, 0.3) is 11.0 Å². The fraction of sp³-hybridized carbons (Fsp3) is 0.0833. The molecule has 0 saturated carbocycles. The van der Waals surface area contributed by atoms with Gasteiger partial charge >= 0.3 is 0 Å². The van der Waals surface area contributed by atoms with Crippen LogP contribution in [0, 0.1) is 0 Å². The van der Waals surface area contributed by atoms with E-state index in [4.69, 9.17) is 0 Å². The summed E-state index contributed by atoms with van der Waals surface area (Å²) in [6.45, 7) is 0.745. The van der Waals surface area contributed by atoms with Gasteiger partial charge in [0.25, 0.3) is 0 Å². The highest BCUT2D eigenvalue weighted by Gasteiger charge is 2.03. The molecule has 0 aliphatic rings. The van der Waals surface area contributed by atoms with Gasteiger partial charge in [0, 0.05) is 31.3 Å². The average Bonchev–Trinajstić information content (AvgIpc) is 2.86. The molecule has 2 N–H and O–H groups in total. The zero-order valence-corrected chi connectivity index (χ0v) is 9.09. The fourth-order valence-electron chi connectivity index (χ4n) is 1.69. The van der Waals surface area contributed by atoms with Gasteiger partial charge in [-0.05, 0) is 23.8 Å². The van der Waals surface area contributed by atoms with Crippen LogP contribution in [-0.4, -0.2) is 20.2 Å². The van der Waals surface area contributed by atoms with Crippen molar-refractivity contribution in [2.75, 3.05) is 5.32 Å². The second-order valence-electron chi connectivity index (χ2n) is 3.69. The van der Waals surface area contributed by atoms with Crippen molar-refractivity contribution in [3.05, 3.63) is 48.5 Å². The molecule has 0 unspecified atom stereocenters. The molecule has 0 atom stereocenters. The SMILES string of the molecule is c1cc(CNc2ccnc3c[nH]nc23)ccn1. The monoisotopic (exact) mass is 225 g/mol. The van der Waals surface area contributed by atoms with E-state index in [1.807, 2.05) is 18.2 Å². The van der Waals surface area contributed by atoms with Gasteiger partial charge < -0.3 is 5.32 Å². The standard InChI is InChI=1S/C12H11N5/c1-4-13-5-2-9(1)7-15-10-3-6-14-11-8-16-17-12(10)11/h1-6,8H,7H2,(H,14,15)(H,16,17). The van der Waals surface area contributed by atoms with E-state index in [0.717, 1.165) is 23.3 Å². The molecule has 0 spiro atoms. The van der Waals surface area contributed by atoms with Crippen molar-refractivity contribution in [3.8, 4) is 0 Å². The van der Waals surface area contributed by atoms with E-state index in [9.17, 15) is 0 Å². The minimum atomic E-state index is 0.745. The normalized spacial score (nSPS) is 10.6. The zero-order chi connectivity index (χ0) is 11.5. The molecule has 3 rings (SSSR count). The van der Waals surface area contributed by atoms with Gasteiger partial charge in [-0.2, -0.15) is 5.10 Å². The Bertz CT molecular complexity index is 617. The number of fused-ring (bicyclic) bond motifs is 1. The second-order valence-corrected chi connectivity index (χ2v) is 3.69. The number of H-pyrrole nitrogens is 1. The third-order valence-corrected chi connectivity index (χ3v) is 2.56. The maximum absolute atomic E-state index is 4.21. The summed E-state index contributed by atoms with van der Waals surface area (Å²) in [5.74, 6) is 0. The molecule has 84 valence electrons. The second kappa shape index (κ2) is 4.21. The Morgan fingerprint density at radius 1 is 1.12 bits per heavy atom. The van der Waals surface area contributed by atoms with Crippen LogP contribution >= 0.6 is 0 Å². The Labute approximate surface area is 97.9 Å². The minimum absolute atomic E-state index is 0.745. The molecule has 0 amide bonds. The predicted molar refractivity (Wildman–Crippen MR) is 65.5 cm³/mol. The van der Waals surface area contributed by atoms with Crippen LogP contribution in [0.1, 0.15) is 5.56 Å². The highest BCUT2D eigenvalue weighted by molar-refractivity contribution is 5.86. The third kappa shape index (κ3) is 1.94. The van der Waals surface area contributed by atoms with Gasteiger partial charge in [-0.15, -0.1) is 0 Å². The van der Waals surface area contributed by atoms with E-state index in [0.29, 0.717) is 0 Å². The first-order valence-electron chi connectivity index (χ1n) is 5.35. The smallest absolute Gasteiger partial charge is 0.134 e. The average molecular weight is 225 g/mol. The molecule has 0 aliphatic carbocycles. The molecule has 3 heterocycles. The summed E-state index contributed by atoms with van der Waals surface area (Å²) >= 11 is 0. The van der Waals surface area contributed by atoms with E-state index < -0.39 is 0 Å². The van der Waals surface area contributed by atoms with Crippen molar-refractivity contribution in [1.82, 2.24) is 20.2 Å². The largest absolute Gasteiger partial charge is 0.379 e. The predicted octanol–water partition coefficient (Wildman–Crippen LogP) is 1.96. The summed E-state index contributed by atoms with van der Waals surface area (Å²) in [7, 11) is 0. The summed E-state index contributed by atoms with van der Waals surface area (Å²) in [5.41, 5.74) is 3.89. The maximum atomic E-state index is 4.21. The summed E-state index contributed by atoms with van der Waals surface area (Å²) in [6, 6.07) is 5.89. The van der Waals surface area contributed by atoms with Crippen molar-refractivity contribution in [2.24, 2.45) is 0 Å². The lowest BCUT2D eigenvalue weighted by Gasteiger charge is -2.06. The van der Waals surface area contributed by atoms with Crippen LogP contribution < -0.4 is 5.32 Å². The first-order valence-corrected chi connectivity index (χ1v) is 5.35. The van der Waals surface area contributed by atoms with Crippen molar-refractivity contribution in [2.45, 2.75) is 6.54 Å². The summed E-state index contributed by atoms with van der Waals surface area (Å²) < 4.78 is 0. The van der Waals surface area contributed by atoms with Crippen molar-refractivity contribution < 1.29 is 0 Å². The molecule has 0 radical (unpaired) electrons. The van der Waals surface area contributed by atoms with Crippen LogP contribution in [0.4, 0.5) is 5.69 Å². The molecule has 0 aromatic carbocycles. The van der Waals surface area contributed by atoms with E-state index in [-0.39, 0.29) is 0 Å². The Morgan fingerprint density at radius 2 is 2.00 bits per heavy atom.